The first kappa shape index (κ1) is 10.3. The molecule has 1 aliphatic rings. The molecule has 0 bridgehead atoms. The van der Waals surface area contributed by atoms with E-state index in [-0.39, 0.29) is 17.5 Å². The molecule has 0 N–H and O–H groups in total. The molecule has 0 saturated heterocycles. The van der Waals surface area contributed by atoms with Gasteiger partial charge in [0, 0.05) is 26.0 Å². The molecule has 0 saturated carbocycles. The number of hydrogen-bond donors (Lipinski definition) is 0. The molecule has 0 fully saturated rings. The van der Waals surface area contributed by atoms with Gasteiger partial charge >= 0.3 is 0 Å². The highest BCUT2D eigenvalue weighted by atomic mass is 16.5. The lowest BCUT2D eigenvalue weighted by Gasteiger charge is -2.28. The average molecular weight is 184 g/mol. The summed E-state index contributed by atoms with van der Waals surface area (Å²) >= 11 is 0. The van der Waals surface area contributed by atoms with E-state index in [1.165, 1.54) is 12.3 Å². The van der Waals surface area contributed by atoms with Gasteiger partial charge in [0.1, 0.15) is 6.10 Å². The van der Waals surface area contributed by atoms with Crippen molar-refractivity contribution in [3.05, 3.63) is 12.3 Å². The summed E-state index contributed by atoms with van der Waals surface area (Å²) in [7, 11) is 1.67. The summed E-state index contributed by atoms with van der Waals surface area (Å²) in [6, 6.07) is 0. The predicted molar refractivity (Wildman–Crippen MR) is 49.3 cm³/mol. The monoisotopic (exact) mass is 184 g/mol. The van der Waals surface area contributed by atoms with E-state index in [2.05, 4.69) is 0 Å². The molecule has 0 spiro atoms. The molecule has 0 amide bonds. The minimum absolute atomic E-state index is 0.0348. The third-order valence-corrected chi connectivity index (χ3v) is 2.23. The first-order valence-corrected chi connectivity index (χ1v) is 4.43. The topological polar surface area (TPSA) is 35.5 Å². The first-order chi connectivity index (χ1) is 6.03. The van der Waals surface area contributed by atoms with Crippen molar-refractivity contribution in [2.75, 3.05) is 7.11 Å². The van der Waals surface area contributed by atoms with Crippen LogP contribution in [0, 0.1) is 0 Å². The van der Waals surface area contributed by atoms with Gasteiger partial charge in [-0.1, -0.05) is 0 Å². The molecule has 1 atom stereocenters. The molecule has 1 unspecified atom stereocenters. The van der Waals surface area contributed by atoms with Crippen LogP contribution in [0.1, 0.15) is 26.7 Å². The Labute approximate surface area is 78.7 Å². The maximum atomic E-state index is 11.0. The van der Waals surface area contributed by atoms with Gasteiger partial charge in [0.25, 0.3) is 0 Å². The maximum absolute atomic E-state index is 11.0. The Morgan fingerprint density at radius 2 is 2.38 bits per heavy atom. The van der Waals surface area contributed by atoms with Crippen LogP contribution in [0.4, 0.5) is 0 Å². The molecule has 1 heterocycles. The van der Waals surface area contributed by atoms with Crippen LogP contribution in [0.3, 0.4) is 0 Å². The second-order valence-electron chi connectivity index (χ2n) is 3.90. The molecule has 74 valence electrons. The SMILES string of the molecule is COC(C)(C)CC1CC(=O)C=CO1. The lowest BCUT2D eigenvalue weighted by molar-refractivity contribution is -0.119. The molecule has 0 aromatic rings. The second-order valence-corrected chi connectivity index (χ2v) is 3.90. The number of carbonyl (C=O) groups is 1. The van der Waals surface area contributed by atoms with E-state index in [1.807, 2.05) is 13.8 Å². The van der Waals surface area contributed by atoms with Gasteiger partial charge in [0.05, 0.1) is 11.9 Å². The van der Waals surface area contributed by atoms with E-state index < -0.39 is 0 Å². The van der Waals surface area contributed by atoms with Gasteiger partial charge < -0.3 is 9.47 Å². The number of ketones is 1. The Bertz CT molecular complexity index is 218. The number of hydrogen-bond acceptors (Lipinski definition) is 3. The van der Waals surface area contributed by atoms with Gasteiger partial charge in [-0.05, 0) is 13.8 Å². The number of allylic oxidation sites excluding steroid dienone is 1. The van der Waals surface area contributed by atoms with Crippen LogP contribution < -0.4 is 0 Å². The zero-order valence-corrected chi connectivity index (χ0v) is 8.37. The molecular weight excluding hydrogens is 168 g/mol. The van der Waals surface area contributed by atoms with Crippen LogP contribution in [0.2, 0.25) is 0 Å². The Morgan fingerprint density at radius 1 is 1.69 bits per heavy atom. The van der Waals surface area contributed by atoms with Crippen molar-refractivity contribution in [2.24, 2.45) is 0 Å². The van der Waals surface area contributed by atoms with Crippen molar-refractivity contribution in [3.63, 3.8) is 0 Å². The summed E-state index contributed by atoms with van der Waals surface area (Å²) < 4.78 is 10.6. The van der Waals surface area contributed by atoms with Crippen molar-refractivity contribution < 1.29 is 14.3 Å². The fourth-order valence-corrected chi connectivity index (χ4v) is 1.32. The standard InChI is InChI=1S/C10H16O3/c1-10(2,12-3)7-9-6-8(11)4-5-13-9/h4-5,9H,6-7H2,1-3H3. The smallest absolute Gasteiger partial charge is 0.162 e. The second kappa shape index (κ2) is 3.92. The van der Waals surface area contributed by atoms with Crippen molar-refractivity contribution in [3.8, 4) is 0 Å². The van der Waals surface area contributed by atoms with Gasteiger partial charge in [0.15, 0.2) is 5.78 Å². The van der Waals surface area contributed by atoms with E-state index in [4.69, 9.17) is 9.47 Å². The highest BCUT2D eigenvalue weighted by Crippen LogP contribution is 2.21. The largest absolute Gasteiger partial charge is 0.497 e. The van der Waals surface area contributed by atoms with E-state index in [0.29, 0.717) is 6.42 Å². The molecule has 3 heteroatoms. The Kier molecular flexibility index (Phi) is 3.09. The zero-order valence-electron chi connectivity index (χ0n) is 8.37. The molecule has 1 aliphatic heterocycles. The van der Waals surface area contributed by atoms with Gasteiger partial charge in [-0.15, -0.1) is 0 Å². The summed E-state index contributed by atoms with van der Waals surface area (Å²) in [6.45, 7) is 3.97. The molecule has 13 heavy (non-hydrogen) atoms. The maximum Gasteiger partial charge on any atom is 0.162 e. The third-order valence-electron chi connectivity index (χ3n) is 2.23. The molecular formula is C10H16O3. The van der Waals surface area contributed by atoms with Gasteiger partial charge in [-0.2, -0.15) is 0 Å². The molecule has 1 rings (SSSR count). The lowest BCUT2D eigenvalue weighted by atomic mass is 9.96. The highest BCUT2D eigenvalue weighted by molar-refractivity contribution is 5.90. The fraction of sp³-hybridized carbons (Fsp3) is 0.700. The zero-order chi connectivity index (χ0) is 9.90. The molecule has 3 nitrogen and oxygen atoms in total. The van der Waals surface area contributed by atoms with Crippen molar-refractivity contribution in [1.82, 2.24) is 0 Å². The predicted octanol–water partition coefficient (Wildman–Crippen LogP) is 1.67. The Balaban J connectivity index is 2.46. The minimum Gasteiger partial charge on any atom is -0.497 e. The number of ether oxygens (including phenoxy) is 2. The average Bonchev–Trinajstić information content (AvgIpc) is 2.03. The first-order valence-electron chi connectivity index (χ1n) is 4.43. The summed E-state index contributed by atoms with van der Waals surface area (Å²) in [4.78, 5) is 11.0. The number of rotatable bonds is 3. The summed E-state index contributed by atoms with van der Waals surface area (Å²) in [5.74, 6) is 0.128. The fourth-order valence-electron chi connectivity index (χ4n) is 1.32. The highest BCUT2D eigenvalue weighted by Gasteiger charge is 2.26. The molecule has 0 aromatic carbocycles. The number of methoxy groups -OCH3 is 1. The summed E-state index contributed by atoms with van der Waals surface area (Å²) in [6.07, 6.45) is 4.11. The van der Waals surface area contributed by atoms with Crippen LogP contribution in [-0.4, -0.2) is 24.6 Å². The quantitative estimate of drug-likeness (QED) is 0.669. The van der Waals surface area contributed by atoms with Crippen LogP contribution in [-0.2, 0) is 14.3 Å². The van der Waals surface area contributed by atoms with E-state index in [9.17, 15) is 4.79 Å². The molecule has 0 aliphatic carbocycles. The summed E-state index contributed by atoms with van der Waals surface area (Å²) in [5, 5.41) is 0. The van der Waals surface area contributed by atoms with Crippen molar-refractivity contribution in [1.29, 1.82) is 0 Å². The normalized spacial score (nSPS) is 23.0. The van der Waals surface area contributed by atoms with Gasteiger partial charge in [0.2, 0.25) is 0 Å². The van der Waals surface area contributed by atoms with Crippen LogP contribution in [0.25, 0.3) is 0 Å². The molecule has 0 radical (unpaired) electrons. The van der Waals surface area contributed by atoms with Gasteiger partial charge in [-0.25, -0.2) is 0 Å². The van der Waals surface area contributed by atoms with Gasteiger partial charge in [-0.3, -0.25) is 4.79 Å². The summed E-state index contributed by atoms with van der Waals surface area (Å²) in [5.41, 5.74) is -0.226. The minimum atomic E-state index is -0.226. The third kappa shape index (κ3) is 3.19. The Morgan fingerprint density at radius 3 is 2.92 bits per heavy atom. The van der Waals surface area contributed by atoms with E-state index >= 15 is 0 Å². The van der Waals surface area contributed by atoms with E-state index in [0.717, 1.165) is 6.42 Å². The number of carbonyl (C=O) groups excluding carboxylic acids is 1. The van der Waals surface area contributed by atoms with Crippen LogP contribution >= 0.6 is 0 Å². The Hall–Kier alpha value is -0.830. The van der Waals surface area contributed by atoms with Crippen molar-refractivity contribution in [2.45, 2.75) is 38.4 Å². The van der Waals surface area contributed by atoms with Crippen molar-refractivity contribution >= 4 is 5.78 Å². The lowest BCUT2D eigenvalue weighted by Crippen LogP contribution is -2.31. The van der Waals surface area contributed by atoms with Crippen LogP contribution in [0.5, 0.6) is 0 Å². The molecule has 0 aromatic heterocycles. The van der Waals surface area contributed by atoms with Crippen LogP contribution in [0.15, 0.2) is 12.3 Å². The van der Waals surface area contributed by atoms with E-state index in [1.54, 1.807) is 7.11 Å².